The van der Waals surface area contributed by atoms with Crippen molar-refractivity contribution < 1.29 is 28.7 Å². The first-order valence-corrected chi connectivity index (χ1v) is 21.8. The largest absolute Gasteiger partial charge is 0.453 e. The average molecular weight is 851 g/mol. The Morgan fingerprint density at radius 1 is 0.651 bits per heavy atom. The first-order valence-electron chi connectivity index (χ1n) is 21.8. The van der Waals surface area contributed by atoms with Crippen molar-refractivity contribution in [1.29, 1.82) is 0 Å². The van der Waals surface area contributed by atoms with E-state index in [4.69, 9.17) is 19.4 Å². The van der Waals surface area contributed by atoms with Crippen molar-refractivity contribution in [3.8, 4) is 33.6 Å². The molecule has 0 saturated carbocycles. The molecule has 4 amide bonds. The lowest BCUT2D eigenvalue weighted by atomic mass is 9.93. The van der Waals surface area contributed by atoms with E-state index in [0.29, 0.717) is 24.5 Å². The summed E-state index contributed by atoms with van der Waals surface area (Å²) in [5.74, 6) is 1.12. The van der Waals surface area contributed by atoms with Gasteiger partial charge in [-0.2, -0.15) is 0 Å². The Balaban J connectivity index is 0.943. The van der Waals surface area contributed by atoms with Crippen LogP contribution in [0.5, 0.6) is 0 Å². The molecule has 4 unspecified atom stereocenters. The lowest BCUT2D eigenvalue weighted by Gasteiger charge is -2.31. The molecule has 14 heteroatoms. The summed E-state index contributed by atoms with van der Waals surface area (Å²) in [7, 11) is 2.60. The van der Waals surface area contributed by atoms with Gasteiger partial charge in [0.05, 0.1) is 50.1 Å². The Morgan fingerprint density at radius 2 is 1.16 bits per heavy atom. The number of benzene rings is 4. The molecular formula is C49H54N8O6. The Labute approximate surface area is 366 Å². The summed E-state index contributed by atoms with van der Waals surface area (Å²) in [5, 5.41) is 7.71. The lowest BCUT2D eigenvalue weighted by molar-refractivity contribution is -0.136. The molecule has 2 aliphatic rings. The molecule has 0 spiro atoms. The van der Waals surface area contributed by atoms with Crippen LogP contribution in [0.4, 0.5) is 9.59 Å². The number of amides is 4. The number of nitrogens with zero attached hydrogens (tertiary/aromatic N) is 4. The van der Waals surface area contributed by atoms with Gasteiger partial charge in [0.2, 0.25) is 5.91 Å². The van der Waals surface area contributed by atoms with Gasteiger partial charge in [0.15, 0.2) is 0 Å². The fourth-order valence-corrected chi connectivity index (χ4v) is 9.15. The van der Waals surface area contributed by atoms with E-state index in [1.54, 1.807) is 4.90 Å². The van der Waals surface area contributed by atoms with Gasteiger partial charge >= 0.3 is 12.2 Å². The number of hydrogen-bond acceptors (Lipinski definition) is 8. The molecule has 2 aliphatic heterocycles. The van der Waals surface area contributed by atoms with Gasteiger partial charge in [0, 0.05) is 18.7 Å². The van der Waals surface area contributed by atoms with Gasteiger partial charge in [-0.05, 0) is 76.8 Å². The number of likely N-dealkylation sites (tertiary alicyclic amines) is 2. The summed E-state index contributed by atoms with van der Waals surface area (Å²) in [6.45, 7) is 5.22. The first-order chi connectivity index (χ1) is 30.7. The topological polar surface area (TPSA) is 175 Å². The molecule has 2 fully saturated rings. The quantitative estimate of drug-likeness (QED) is 0.0892. The third-order valence-corrected chi connectivity index (χ3v) is 12.6. The zero-order valence-corrected chi connectivity index (χ0v) is 36.1. The Hall–Kier alpha value is -6.96. The molecule has 6 aromatic rings. The van der Waals surface area contributed by atoms with E-state index < -0.39 is 24.3 Å². The molecule has 63 heavy (non-hydrogen) atoms. The summed E-state index contributed by atoms with van der Waals surface area (Å²) >= 11 is 0. The highest BCUT2D eigenvalue weighted by Crippen LogP contribution is 2.36. The second-order valence-electron chi connectivity index (χ2n) is 16.3. The van der Waals surface area contributed by atoms with Crippen molar-refractivity contribution in [3.05, 3.63) is 121 Å². The van der Waals surface area contributed by atoms with Crippen LogP contribution in [0.15, 0.2) is 103 Å². The van der Waals surface area contributed by atoms with Gasteiger partial charge in [-0.15, -0.1) is 0 Å². The van der Waals surface area contributed by atoms with Crippen LogP contribution in [-0.4, -0.2) is 87.1 Å². The third kappa shape index (κ3) is 9.02. The number of aromatic nitrogens is 4. The highest BCUT2D eigenvalue weighted by Gasteiger charge is 2.39. The third-order valence-electron chi connectivity index (χ3n) is 12.6. The SMILES string of the molecule is CCC(CC)C(NC(=O)OC)C(=O)N1CCCC1c1ncc(-c2ccc3cc(-c4ccc(-c5cnc(C6CCCN6C(=O)C(NC(=O)OC)c6ccccc6)[nH]5)cc4)ccc3c2)[nH]1. The Bertz CT molecular complexity index is 2570. The number of methoxy groups -OCH3 is 2. The fraction of sp³-hybridized carbons (Fsp3) is 0.347. The summed E-state index contributed by atoms with van der Waals surface area (Å²) in [6, 6.07) is 28.3. The number of H-pyrrole nitrogens is 2. The van der Waals surface area contributed by atoms with Crippen molar-refractivity contribution in [3.63, 3.8) is 0 Å². The van der Waals surface area contributed by atoms with Crippen molar-refractivity contribution in [2.45, 2.75) is 76.5 Å². The molecule has 4 N–H and O–H groups in total. The lowest BCUT2D eigenvalue weighted by Crippen LogP contribution is -2.52. The molecule has 2 aromatic heterocycles. The molecule has 4 atom stereocenters. The summed E-state index contributed by atoms with van der Waals surface area (Å²) in [6.07, 6.45) is 7.09. The molecule has 14 nitrogen and oxygen atoms in total. The van der Waals surface area contributed by atoms with Crippen LogP contribution >= 0.6 is 0 Å². The van der Waals surface area contributed by atoms with Gasteiger partial charge < -0.3 is 39.9 Å². The Morgan fingerprint density at radius 3 is 1.75 bits per heavy atom. The normalized spacial score (nSPS) is 17.2. The maximum Gasteiger partial charge on any atom is 0.407 e. The molecule has 8 rings (SSSR count). The van der Waals surface area contributed by atoms with E-state index >= 15 is 0 Å². The average Bonchev–Trinajstić information content (AvgIpc) is 4.18. The highest BCUT2D eigenvalue weighted by molar-refractivity contribution is 5.91. The van der Waals surface area contributed by atoms with Gasteiger partial charge in [0.25, 0.3) is 5.91 Å². The molecule has 0 radical (unpaired) electrons. The number of imidazole rings is 2. The number of fused-ring (bicyclic) bond motifs is 1. The van der Waals surface area contributed by atoms with E-state index in [1.165, 1.54) is 14.2 Å². The maximum atomic E-state index is 13.9. The molecular weight excluding hydrogens is 797 g/mol. The van der Waals surface area contributed by atoms with E-state index in [1.807, 2.05) is 61.5 Å². The standard InChI is InChI=1S/C49H54N8O6/c1-5-30(6-2)42(54-48(60)62-3)46(58)56-24-10-15-41(56)45-51-29-39(53-45)37-23-22-35-26-34(20-21-36(35)27-37)31-16-18-32(19-17-31)38-28-50-44(52-38)40-14-11-25-57(40)47(59)43(55-49(61)63-4)33-12-8-7-9-13-33/h7-9,12-13,16-23,26-30,40-43H,5-6,10-11,14-15,24-25H2,1-4H3,(H,50,52)(H,51,53)(H,54,60)(H,55,61). The maximum absolute atomic E-state index is 13.9. The van der Waals surface area contributed by atoms with Crippen molar-refractivity contribution in [2.75, 3.05) is 27.3 Å². The molecule has 4 heterocycles. The van der Waals surface area contributed by atoms with Crippen LogP contribution in [0.1, 0.15) is 87.7 Å². The van der Waals surface area contributed by atoms with Gasteiger partial charge in [-0.3, -0.25) is 9.59 Å². The minimum atomic E-state index is -0.880. The Kier molecular flexibility index (Phi) is 12.9. The van der Waals surface area contributed by atoms with Gasteiger partial charge in [-0.25, -0.2) is 19.6 Å². The second kappa shape index (κ2) is 19.0. The smallest absolute Gasteiger partial charge is 0.407 e. The first kappa shape index (κ1) is 42.7. The van der Waals surface area contributed by atoms with Gasteiger partial charge in [0.1, 0.15) is 23.7 Å². The monoisotopic (exact) mass is 850 g/mol. The zero-order valence-electron chi connectivity index (χ0n) is 36.1. The van der Waals surface area contributed by atoms with Crippen molar-refractivity contribution >= 4 is 34.8 Å². The number of ether oxygens (including phenoxy) is 2. The number of nitrogens with one attached hydrogen (secondary N) is 4. The summed E-state index contributed by atoms with van der Waals surface area (Å²) in [4.78, 5) is 72.4. The molecule has 0 aliphatic carbocycles. The van der Waals surface area contributed by atoms with Crippen LogP contribution in [0.3, 0.4) is 0 Å². The van der Waals surface area contributed by atoms with E-state index in [2.05, 4.69) is 81.3 Å². The fourth-order valence-electron chi connectivity index (χ4n) is 9.15. The number of aromatic amines is 2. The highest BCUT2D eigenvalue weighted by atomic mass is 16.5. The van der Waals surface area contributed by atoms with Crippen LogP contribution < -0.4 is 10.6 Å². The van der Waals surface area contributed by atoms with Crippen molar-refractivity contribution in [1.82, 2.24) is 40.4 Å². The second-order valence-corrected chi connectivity index (χ2v) is 16.3. The zero-order chi connectivity index (χ0) is 44.0. The summed E-state index contributed by atoms with van der Waals surface area (Å²) in [5.41, 5.74) is 6.53. The molecule has 4 aromatic carbocycles. The minimum Gasteiger partial charge on any atom is -0.453 e. The van der Waals surface area contributed by atoms with Crippen LogP contribution in [0, 0.1) is 5.92 Å². The number of rotatable bonds is 13. The van der Waals surface area contributed by atoms with E-state index in [-0.39, 0.29) is 29.8 Å². The van der Waals surface area contributed by atoms with Crippen LogP contribution in [-0.2, 0) is 19.1 Å². The number of alkyl carbamates (subject to hydrolysis) is 2. The molecule has 2 saturated heterocycles. The van der Waals surface area contributed by atoms with Gasteiger partial charge in [-0.1, -0.05) is 106 Å². The summed E-state index contributed by atoms with van der Waals surface area (Å²) < 4.78 is 9.70. The van der Waals surface area contributed by atoms with Crippen LogP contribution in [0.2, 0.25) is 0 Å². The predicted octanol–water partition coefficient (Wildman–Crippen LogP) is 8.87. The van der Waals surface area contributed by atoms with E-state index in [0.717, 1.165) is 88.8 Å². The molecule has 0 bridgehead atoms. The van der Waals surface area contributed by atoms with E-state index in [9.17, 15) is 19.2 Å². The predicted molar refractivity (Wildman–Crippen MR) is 240 cm³/mol. The van der Waals surface area contributed by atoms with Crippen molar-refractivity contribution in [2.24, 2.45) is 5.92 Å². The molecule has 326 valence electrons. The number of hydrogen-bond donors (Lipinski definition) is 4. The number of carbonyl (C=O) groups excluding carboxylic acids is 4. The number of carbonyl (C=O) groups is 4. The van der Waals surface area contributed by atoms with Crippen LogP contribution in [0.25, 0.3) is 44.4 Å². The minimum absolute atomic E-state index is 0.00617.